The third-order valence-electron chi connectivity index (χ3n) is 4.85. The molecule has 0 saturated heterocycles. The maximum absolute atomic E-state index is 14.1. The Labute approximate surface area is 180 Å². The van der Waals surface area contributed by atoms with Gasteiger partial charge in [-0.3, -0.25) is 4.79 Å². The van der Waals surface area contributed by atoms with Crippen LogP contribution in [0.5, 0.6) is 0 Å². The van der Waals surface area contributed by atoms with Gasteiger partial charge in [-0.15, -0.1) is 0 Å². The third kappa shape index (κ3) is 5.01. The number of halogens is 1. The summed E-state index contributed by atoms with van der Waals surface area (Å²) in [6, 6.07) is 11.3. The maximum Gasteiger partial charge on any atom is 0.255 e. The number of nitrogens with zero attached hydrogens (tertiary/aromatic N) is 3. The number of fused-ring (bicyclic) bond motifs is 1. The molecule has 2 aromatic heterocycles. The molecule has 3 aromatic rings. The smallest absolute Gasteiger partial charge is 0.255 e. The fourth-order valence-electron chi connectivity index (χ4n) is 3.12. The Bertz CT molecular complexity index is 1140. The van der Waals surface area contributed by atoms with Crippen LogP contribution in [0, 0.1) is 11.3 Å². The van der Waals surface area contributed by atoms with Crippen molar-refractivity contribution in [2.45, 2.75) is 45.5 Å². The lowest BCUT2D eigenvalue weighted by molar-refractivity contribution is -0.00177. The molecule has 0 radical (unpaired) electrons. The van der Waals surface area contributed by atoms with E-state index in [2.05, 4.69) is 21.8 Å². The van der Waals surface area contributed by atoms with Crippen molar-refractivity contribution in [2.24, 2.45) is 0 Å². The number of hydrogen-bond donors (Lipinski definition) is 3. The summed E-state index contributed by atoms with van der Waals surface area (Å²) in [6.07, 6.45) is 1.65. The van der Waals surface area contributed by atoms with Crippen molar-refractivity contribution in [1.82, 2.24) is 14.9 Å². The minimum Gasteiger partial charge on any atom is -0.387 e. The quantitative estimate of drug-likeness (QED) is 0.540. The zero-order valence-electron chi connectivity index (χ0n) is 18.0. The van der Waals surface area contributed by atoms with Crippen LogP contribution < -0.4 is 10.6 Å². The molecule has 3 N–H and O–H groups in total. The number of alkyl halides is 1. The first kappa shape index (κ1) is 22.2. The van der Waals surface area contributed by atoms with Crippen LogP contribution in [0.1, 0.15) is 43.6 Å². The van der Waals surface area contributed by atoms with Gasteiger partial charge in [0.1, 0.15) is 6.17 Å². The number of benzene rings is 1. The van der Waals surface area contributed by atoms with Crippen LogP contribution in [0.3, 0.4) is 0 Å². The average Bonchev–Trinajstić information content (AvgIpc) is 3.16. The maximum atomic E-state index is 14.1. The minimum atomic E-state index is -1.61. The number of carbonyl (C=O) groups is 1. The largest absolute Gasteiger partial charge is 0.387 e. The third-order valence-corrected chi connectivity index (χ3v) is 4.85. The number of rotatable bonds is 7. The molecule has 162 valence electrons. The van der Waals surface area contributed by atoms with E-state index in [0.29, 0.717) is 16.8 Å². The second-order valence-corrected chi connectivity index (χ2v) is 8.31. The van der Waals surface area contributed by atoms with E-state index in [-0.39, 0.29) is 18.2 Å². The van der Waals surface area contributed by atoms with Crippen LogP contribution in [0.2, 0.25) is 0 Å². The van der Waals surface area contributed by atoms with E-state index in [4.69, 9.17) is 5.26 Å². The molecule has 0 aliphatic carbocycles. The van der Waals surface area contributed by atoms with Crippen molar-refractivity contribution in [3.63, 3.8) is 0 Å². The van der Waals surface area contributed by atoms with Crippen molar-refractivity contribution < 1.29 is 14.3 Å². The lowest BCUT2D eigenvalue weighted by Gasteiger charge is -2.23. The number of carbonyl (C=O) groups excluding carboxylic acids is 1. The molecule has 0 fully saturated rings. The van der Waals surface area contributed by atoms with Gasteiger partial charge >= 0.3 is 0 Å². The van der Waals surface area contributed by atoms with Crippen molar-refractivity contribution in [2.75, 3.05) is 11.9 Å². The summed E-state index contributed by atoms with van der Waals surface area (Å²) < 4.78 is 15.7. The lowest BCUT2D eigenvalue weighted by Crippen LogP contribution is -2.42. The van der Waals surface area contributed by atoms with Gasteiger partial charge in [0.05, 0.1) is 46.7 Å². The Kier molecular flexibility index (Phi) is 6.27. The van der Waals surface area contributed by atoms with Crippen molar-refractivity contribution in [1.29, 1.82) is 5.26 Å². The number of nitriles is 1. The second kappa shape index (κ2) is 8.74. The Morgan fingerprint density at radius 2 is 2.06 bits per heavy atom. The number of nitrogens with one attached hydrogen (secondary N) is 2. The van der Waals surface area contributed by atoms with Crippen LogP contribution >= 0.6 is 0 Å². The Morgan fingerprint density at radius 3 is 2.71 bits per heavy atom. The summed E-state index contributed by atoms with van der Waals surface area (Å²) in [7, 11) is 0. The molecule has 0 bridgehead atoms. The van der Waals surface area contributed by atoms with Crippen LogP contribution in [0.25, 0.3) is 16.6 Å². The highest BCUT2D eigenvalue weighted by Gasteiger charge is 2.27. The van der Waals surface area contributed by atoms with Crippen LogP contribution in [-0.2, 0) is 0 Å². The van der Waals surface area contributed by atoms with Gasteiger partial charge in [-0.25, -0.2) is 8.91 Å². The molecule has 0 spiro atoms. The highest BCUT2D eigenvalue weighted by Crippen LogP contribution is 2.29. The molecule has 0 aliphatic heterocycles. The van der Waals surface area contributed by atoms with E-state index in [1.165, 1.54) is 20.0 Å². The summed E-state index contributed by atoms with van der Waals surface area (Å²) in [5.41, 5.74) is 2.23. The average molecular weight is 423 g/mol. The normalized spacial score (nSPS) is 12.6. The lowest BCUT2D eigenvalue weighted by atomic mass is 10.0. The summed E-state index contributed by atoms with van der Waals surface area (Å²) in [5.74, 6) is -0.487. The number of amides is 1. The first-order valence-corrected chi connectivity index (χ1v) is 10.0. The molecule has 0 aliphatic rings. The van der Waals surface area contributed by atoms with Gasteiger partial charge < -0.3 is 15.7 Å². The molecule has 1 atom stereocenters. The topological polar surface area (TPSA) is 102 Å². The molecule has 8 heteroatoms. The van der Waals surface area contributed by atoms with E-state index < -0.39 is 17.7 Å². The zero-order valence-corrected chi connectivity index (χ0v) is 18.0. The second-order valence-electron chi connectivity index (χ2n) is 8.31. The molecule has 1 amide bonds. The highest BCUT2D eigenvalue weighted by molar-refractivity contribution is 6.03. The number of anilines is 1. The predicted molar refractivity (Wildman–Crippen MR) is 118 cm³/mol. The van der Waals surface area contributed by atoms with Gasteiger partial charge in [-0.2, -0.15) is 10.4 Å². The molecule has 1 aromatic carbocycles. The zero-order chi connectivity index (χ0) is 22.8. The first-order chi connectivity index (χ1) is 14.6. The number of hydrogen-bond acceptors (Lipinski definition) is 5. The van der Waals surface area contributed by atoms with Crippen molar-refractivity contribution in [3.8, 4) is 17.2 Å². The highest BCUT2D eigenvalue weighted by atomic mass is 19.1. The molecule has 3 rings (SSSR count). The Hall–Kier alpha value is -3.44. The van der Waals surface area contributed by atoms with Crippen LogP contribution in [0.4, 0.5) is 10.1 Å². The molecular weight excluding hydrogens is 397 g/mol. The van der Waals surface area contributed by atoms with E-state index in [1.807, 2.05) is 38.2 Å². The fourth-order valence-corrected chi connectivity index (χ4v) is 3.12. The van der Waals surface area contributed by atoms with Gasteiger partial charge in [0, 0.05) is 17.8 Å². The minimum absolute atomic E-state index is 0.0308. The fraction of sp³-hybridized carbons (Fsp3) is 0.348. The van der Waals surface area contributed by atoms with Gasteiger partial charge in [-0.1, -0.05) is 12.1 Å². The van der Waals surface area contributed by atoms with Gasteiger partial charge in [0.15, 0.2) is 0 Å². The van der Waals surface area contributed by atoms with Crippen LogP contribution in [-0.4, -0.2) is 45.0 Å². The summed E-state index contributed by atoms with van der Waals surface area (Å²) in [4.78, 5) is 12.8. The van der Waals surface area contributed by atoms with E-state index in [1.54, 1.807) is 16.6 Å². The Balaban J connectivity index is 2.00. The molecule has 1 unspecified atom stereocenters. The first-order valence-electron chi connectivity index (χ1n) is 10.0. The van der Waals surface area contributed by atoms with E-state index in [0.717, 1.165) is 11.1 Å². The summed E-state index contributed by atoms with van der Waals surface area (Å²) in [5, 5.41) is 29.1. The van der Waals surface area contributed by atoms with Crippen molar-refractivity contribution >= 4 is 17.1 Å². The molecule has 31 heavy (non-hydrogen) atoms. The predicted octanol–water partition coefficient (Wildman–Crippen LogP) is 3.53. The van der Waals surface area contributed by atoms with Gasteiger partial charge in [0.2, 0.25) is 0 Å². The Morgan fingerprint density at radius 1 is 1.32 bits per heavy atom. The van der Waals surface area contributed by atoms with Gasteiger partial charge in [0.25, 0.3) is 5.91 Å². The summed E-state index contributed by atoms with van der Waals surface area (Å²) >= 11 is 0. The van der Waals surface area contributed by atoms with E-state index in [9.17, 15) is 14.3 Å². The monoisotopic (exact) mass is 423 g/mol. The number of aliphatic hydroxyl groups is 1. The van der Waals surface area contributed by atoms with Gasteiger partial charge in [-0.05, 0) is 51.5 Å². The molecule has 2 heterocycles. The van der Waals surface area contributed by atoms with Crippen LogP contribution in [0.15, 0.2) is 42.7 Å². The summed E-state index contributed by atoms with van der Waals surface area (Å²) in [6.45, 7) is 6.29. The standard InChI is InChI=1S/C23H26FN5O2/c1-14(2)28-21-18(22(30)26-12-20(24)23(3,4)31)11-27-29-13-17(9-19(21)29)16-7-5-6-15(8-16)10-25/h5-9,11,13-14,20,28,31H,12H2,1-4H3,(H,26,30). The SMILES string of the molecule is CC(C)Nc1c(C(=O)NCC(F)C(C)(C)O)cnn2cc(-c3cccc(C#N)c3)cc12. The molecule has 0 saturated carbocycles. The molecular formula is C23H26FN5O2. The van der Waals surface area contributed by atoms with E-state index >= 15 is 0 Å². The molecule has 7 nitrogen and oxygen atoms in total. The van der Waals surface area contributed by atoms with Crippen molar-refractivity contribution in [3.05, 3.63) is 53.9 Å². The number of aromatic nitrogens is 2.